The molecular weight excluding hydrogens is 252 g/mol. The lowest BCUT2D eigenvalue weighted by Crippen LogP contribution is -2.24. The van der Waals surface area contributed by atoms with Crippen LogP contribution in [0.3, 0.4) is 0 Å². The smallest absolute Gasteiger partial charge is 0.269 e. The maximum absolute atomic E-state index is 11.3. The van der Waals surface area contributed by atoms with Crippen molar-refractivity contribution in [3.8, 4) is 0 Å². The van der Waals surface area contributed by atoms with Crippen LogP contribution in [-0.2, 0) is 0 Å². The lowest BCUT2D eigenvalue weighted by Gasteiger charge is -2.26. The van der Waals surface area contributed by atoms with Crippen molar-refractivity contribution in [2.24, 2.45) is 5.73 Å². The van der Waals surface area contributed by atoms with Gasteiger partial charge in [0.15, 0.2) is 5.69 Å². The van der Waals surface area contributed by atoms with Gasteiger partial charge < -0.3 is 11.1 Å². The summed E-state index contributed by atoms with van der Waals surface area (Å²) < 4.78 is 1.87. The van der Waals surface area contributed by atoms with Gasteiger partial charge in [-0.15, -0.1) is 0 Å². The molecule has 5 nitrogen and oxygen atoms in total. The molecule has 5 heteroatoms. The topological polar surface area (TPSA) is 72.9 Å². The van der Waals surface area contributed by atoms with Gasteiger partial charge in [-0.2, -0.15) is 5.10 Å². The molecule has 1 aromatic carbocycles. The highest BCUT2D eigenvalue weighted by Gasteiger charge is 2.24. The molecule has 0 aliphatic carbocycles. The van der Waals surface area contributed by atoms with Crippen molar-refractivity contribution in [1.29, 1.82) is 0 Å². The van der Waals surface area contributed by atoms with Crippen LogP contribution in [0.2, 0.25) is 0 Å². The number of benzene rings is 1. The number of anilines is 1. The van der Waals surface area contributed by atoms with Crippen molar-refractivity contribution in [3.05, 3.63) is 46.6 Å². The number of nitrogens with one attached hydrogen (secondary N) is 1. The number of nitrogens with zero attached hydrogens (tertiary/aromatic N) is 2. The number of hydrogen-bond acceptors (Lipinski definition) is 3. The fourth-order valence-electron chi connectivity index (χ4n) is 2.62. The highest BCUT2D eigenvalue weighted by atomic mass is 16.1. The second kappa shape index (κ2) is 4.67. The van der Waals surface area contributed by atoms with Gasteiger partial charge in [0.2, 0.25) is 0 Å². The lowest BCUT2D eigenvalue weighted by molar-refractivity contribution is 0.0994. The average Bonchev–Trinajstić information content (AvgIpc) is 2.86. The highest BCUT2D eigenvalue weighted by Crippen LogP contribution is 2.30. The molecule has 0 saturated heterocycles. The Kier molecular flexibility index (Phi) is 2.97. The molecule has 1 unspecified atom stereocenters. The van der Waals surface area contributed by atoms with Crippen molar-refractivity contribution in [1.82, 2.24) is 9.78 Å². The fourth-order valence-corrected chi connectivity index (χ4v) is 2.62. The van der Waals surface area contributed by atoms with Crippen molar-refractivity contribution < 1.29 is 4.79 Å². The average molecular weight is 270 g/mol. The van der Waals surface area contributed by atoms with E-state index >= 15 is 0 Å². The third-order valence-electron chi connectivity index (χ3n) is 3.92. The number of hydrogen-bond donors (Lipinski definition) is 2. The summed E-state index contributed by atoms with van der Waals surface area (Å²) in [4.78, 5) is 11.3. The molecule has 2 aromatic rings. The van der Waals surface area contributed by atoms with Crippen LogP contribution >= 0.6 is 0 Å². The highest BCUT2D eigenvalue weighted by molar-refractivity contribution is 5.91. The molecular formula is C15H18N4O. The SMILES string of the molecule is Cc1ccc(C2CCNc3cc(C(N)=O)nn32)cc1C. The Morgan fingerprint density at radius 2 is 2.15 bits per heavy atom. The van der Waals surface area contributed by atoms with Gasteiger partial charge in [-0.25, -0.2) is 4.68 Å². The molecule has 1 amide bonds. The second-order valence-electron chi connectivity index (χ2n) is 5.30. The maximum Gasteiger partial charge on any atom is 0.269 e. The Balaban J connectivity index is 2.04. The first-order chi connectivity index (χ1) is 9.56. The molecule has 0 radical (unpaired) electrons. The molecule has 1 aliphatic rings. The van der Waals surface area contributed by atoms with Crippen LogP contribution in [0.25, 0.3) is 0 Å². The number of carbonyl (C=O) groups excluding carboxylic acids is 1. The van der Waals surface area contributed by atoms with Crippen LogP contribution in [0.5, 0.6) is 0 Å². The summed E-state index contributed by atoms with van der Waals surface area (Å²) in [5.41, 5.74) is 9.38. The Morgan fingerprint density at radius 3 is 2.85 bits per heavy atom. The van der Waals surface area contributed by atoms with Crippen LogP contribution in [-0.4, -0.2) is 22.2 Å². The minimum atomic E-state index is -0.493. The number of carbonyl (C=O) groups is 1. The zero-order valence-electron chi connectivity index (χ0n) is 11.7. The van der Waals surface area contributed by atoms with Crippen LogP contribution in [0.4, 0.5) is 5.82 Å². The first kappa shape index (κ1) is 12.7. The Bertz CT molecular complexity index is 675. The predicted molar refractivity (Wildman–Crippen MR) is 77.9 cm³/mol. The Labute approximate surface area is 117 Å². The first-order valence-electron chi connectivity index (χ1n) is 6.76. The molecule has 1 aliphatic heterocycles. The maximum atomic E-state index is 11.3. The number of fused-ring (bicyclic) bond motifs is 1. The standard InChI is InChI=1S/C15H18N4O/c1-9-3-4-11(7-10(9)2)13-5-6-17-14-8-12(15(16)20)18-19(13)14/h3-4,7-8,13,17H,5-6H2,1-2H3,(H2,16,20). The van der Waals surface area contributed by atoms with Gasteiger partial charge in [-0.1, -0.05) is 18.2 Å². The third kappa shape index (κ3) is 2.05. The molecule has 20 heavy (non-hydrogen) atoms. The molecule has 0 bridgehead atoms. The van der Waals surface area contributed by atoms with E-state index in [-0.39, 0.29) is 6.04 Å². The van der Waals surface area contributed by atoms with Crippen LogP contribution in [0.15, 0.2) is 24.3 Å². The molecule has 2 heterocycles. The van der Waals surface area contributed by atoms with Gasteiger partial charge in [0, 0.05) is 12.6 Å². The molecule has 104 valence electrons. The molecule has 0 fully saturated rings. The van der Waals surface area contributed by atoms with Gasteiger partial charge in [-0.3, -0.25) is 4.79 Å². The van der Waals surface area contributed by atoms with Gasteiger partial charge in [0.05, 0.1) is 6.04 Å². The number of nitrogens with two attached hydrogens (primary N) is 1. The van der Waals surface area contributed by atoms with Crippen molar-refractivity contribution in [2.75, 3.05) is 11.9 Å². The predicted octanol–water partition coefficient (Wildman–Crippen LogP) is 2.00. The monoisotopic (exact) mass is 270 g/mol. The van der Waals surface area contributed by atoms with E-state index < -0.39 is 5.91 Å². The Hall–Kier alpha value is -2.30. The quantitative estimate of drug-likeness (QED) is 0.876. The fraction of sp³-hybridized carbons (Fsp3) is 0.333. The van der Waals surface area contributed by atoms with E-state index in [1.165, 1.54) is 16.7 Å². The minimum absolute atomic E-state index is 0.152. The first-order valence-corrected chi connectivity index (χ1v) is 6.76. The number of amides is 1. The second-order valence-corrected chi connectivity index (χ2v) is 5.30. The van der Waals surface area contributed by atoms with E-state index in [1.807, 2.05) is 4.68 Å². The summed E-state index contributed by atoms with van der Waals surface area (Å²) in [6, 6.07) is 8.33. The summed E-state index contributed by atoms with van der Waals surface area (Å²) >= 11 is 0. The normalized spacial score (nSPS) is 17.4. The van der Waals surface area contributed by atoms with E-state index in [4.69, 9.17) is 5.73 Å². The summed E-state index contributed by atoms with van der Waals surface area (Å²) in [7, 11) is 0. The molecule has 3 rings (SSSR count). The third-order valence-corrected chi connectivity index (χ3v) is 3.92. The van der Waals surface area contributed by atoms with Gasteiger partial charge >= 0.3 is 0 Å². The van der Waals surface area contributed by atoms with E-state index in [0.29, 0.717) is 5.69 Å². The molecule has 0 saturated carbocycles. The summed E-state index contributed by atoms with van der Waals surface area (Å²) in [5.74, 6) is 0.362. The number of aryl methyl sites for hydroxylation is 2. The van der Waals surface area contributed by atoms with Gasteiger partial charge in [-0.05, 0) is 37.0 Å². The zero-order valence-corrected chi connectivity index (χ0v) is 11.7. The largest absolute Gasteiger partial charge is 0.370 e. The van der Waals surface area contributed by atoms with E-state index in [0.717, 1.165) is 18.8 Å². The van der Waals surface area contributed by atoms with Gasteiger partial charge in [0.25, 0.3) is 5.91 Å². The molecule has 1 aromatic heterocycles. The number of rotatable bonds is 2. The summed E-state index contributed by atoms with van der Waals surface area (Å²) in [6.45, 7) is 5.08. The van der Waals surface area contributed by atoms with Crippen LogP contribution < -0.4 is 11.1 Å². The number of primary amides is 1. The minimum Gasteiger partial charge on any atom is -0.370 e. The van der Waals surface area contributed by atoms with Crippen molar-refractivity contribution in [3.63, 3.8) is 0 Å². The zero-order chi connectivity index (χ0) is 14.3. The van der Waals surface area contributed by atoms with Crippen LogP contribution in [0.1, 0.15) is 39.6 Å². The van der Waals surface area contributed by atoms with Crippen LogP contribution in [0, 0.1) is 13.8 Å². The summed E-state index contributed by atoms with van der Waals surface area (Å²) in [6.07, 6.45) is 0.940. The van der Waals surface area contributed by atoms with Crippen molar-refractivity contribution >= 4 is 11.7 Å². The van der Waals surface area contributed by atoms with E-state index in [2.05, 4.69) is 42.5 Å². The van der Waals surface area contributed by atoms with Crippen molar-refractivity contribution in [2.45, 2.75) is 26.3 Å². The van der Waals surface area contributed by atoms with E-state index in [9.17, 15) is 4.79 Å². The summed E-state index contributed by atoms with van der Waals surface area (Å²) in [5, 5.41) is 7.60. The number of aromatic nitrogens is 2. The molecule has 0 spiro atoms. The van der Waals surface area contributed by atoms with E-state index in [1.54, 1.807) is 6.07 Å². The lowest BCUT2D eigenvalue weighted by atomic mass is 9.98. The van der Waals surface area contributed by atoms with Gasteiger partial charge in [0.1, 0.15) is 5.82 Å². The molecule has 3 N–H and O–H groups in total. The Morgan fingerprint density at radius 1 is 1.35 bits per heavy atom. The molecule has 1 atom stereocenters.